The van der Waals surface area contributed by atoms with Crippen molar-refractivity contribution in [3.8, 4) is 0 Å². The lowest BCUT2D eigenvalue weighted by Crippen LogP contribution is -2.63. The monoisotopic (exact) mass is 1420 g/mol. The van der Waals surface area contributed by atoms with Crippen LogP contribution in [0.1, 0.15) is 243 Å². The largest absolute Gasteiger partial charge is 0.459 e. The summed E-state index contributed by atoms with van der Waals surface area (Å²) in [6.07, 6.45) is 0.896. The van der Waals surface area contributed by atoms with E-state index in [-0.39, 0.29) is 130 Å². The van der Waals surface area contributed by atoms with Gasteiger partial charge in [-0.2, -0.15) is 0 Å². The molecule has 0 aliphatic carbocycles. The first-order valence-electron chi connectivity index (χ1n) is 36.9. The Morgan fingerprint density at radius 3 is 0.762 bits per heavy atom. The number of alkyl carbamates (subject to hydrolysis) is 1. The van der Waals surface area contributed by atoms with Crippen LogP contribution < -0.4 is 58.5 Å². The normalized spacial score (nSPS) is 15.0. The molecule has 11 amide bonds. The molecule has 10 atom stereocenters. The maximum Gasteiger partial charge on any atom is 0.408 e. The third-order valence-electron chi connectivity index (χ3n) is 16.0. The maximum absolute atomic E-state index is 14.6. The molecule has 0 aliphatic heterocycles. The molecular formula is C76H133N11O14. The molecule has 0 bridgehead atoms. The average molecular weight is 1420 g/mol. The van der Waals surface area contributed by atoms with E-state index in [9.17, 15) is 57.5 Å². The molecule has 0 fully saturated rings. The van der Waals surface area contributed by atoms with E-state index in [0.29, 0.717) is 0 Å². The number of benzene rings is 1. The zero-order valence-corrected chi connectivity index (χ0v) is 65.9. The predicted octanol–water partition coefficient (Wildman–Crippen LogP) is 8.34. The summed E-state index contributed by atoms with van der Waals surface area (Å²) < 4.78 is 11.0. The van der Waals surface area contributed by atoms with Gasteiger partial charge in [0.05, 0.1) is 0 Å². The molecule has 0 aliphatic rings. The van der Waals surface area contributed by atoms with Gasteiger partial charge in [0.25, 0.3) is 0 Å². The molecule has 0 radical (unpaired) electrons. The van der Waals surface area contributed by atoms with Gasteiger partial charge in [0.1, 0.15) is 78.2 Å². The summed E-state index contributed by atoms with van der Waals surface area (Å²) in [7, 11) is 0. The SMILES string of the molecule is CC(C)C[C@H](NC(=O)OC(C)(C)C)C(=O)N[C@@H](CC(C)C)C(=O)N[C@@H](CC(C)C)C(=O)N[C@@H](CC(C)C)C(=O)N[C@@H](CC(C)C)C(=O)N[C@@H](CC(C)C)C(=O)NC(C)(C)C(=O)N[C@@H](CC(C)C)C(=O)N[C@@H](CC(C)C)C(=O)N[C@@H](CC(C)C)C(=O)N[C@@H](CC(C)C)C(=O)OCc1ccccc1. The summed E-state index contributed by atoms with van der Waals surface area (Å²) in [4.78, 5) is 170. The van der Waals surface area contributed by atoms with Gasteiger partial charge in [-0.3, -0.25) is 47.9 Å². The van der Waals surface area contributed by atoms with Crippen LogP contribution in [0.2, 0.25) is 0 Å². The van der Waals surface area contributed by atoms with Gasteiger partial charge in [-0.05, 0) is 164 Å². The van der Waals surface area contributed by atoms with Crippen molar-refractivity contribution < 1.29 is 67.0 Å². The van der Waals surface area contributed by atoms with Crippen molar-refractivity contribution in [1.29, 1.82) is 0 Å². The lowest BCUT2D eigenvalue weighted by atomic mass is 9.96. The molecule has 1 aromatic rings. The molecule has 101 heavy (non-hydrogen) atoms. The number of hydrogen-bond donors (Lipinski definition) is 11. The first-order valence-corrected chi connectivity index (χ1v) is 36.9. The number of amides is 11. The number of esters is 1. The minimum Gasteiger partial charge on any atom is -0.459 e. The van der Waals surface area contributed by atoms with Gasteiger partial charge in [0.2, 0.25) is 59.1 Å². The summed E-state index contributed by atoms with van der Waals surface area (Å²) in [5, 5.41) is 30.9. The van der Waals surface area contributed by atoms with E-state index >= 15 is 0 Å². The van der Waals surface area contributed by atoms with E-state index in [1.807, 2.05) is 169 Å². The standard InChI is InChI=1S/C76H133N11O14/c1-42(2)31-53(78-66(91)56(34-45(7)8)82-70(95)60(38-49(15)16)86-74(99)101-75(21,22)23)63(88)77-54(32-43(3)4)64(89)79-57(35-46(9)10)67(92)83-61(39-50(17)18)71(96)87-76(24,25)73(98)85-59(37-48(13)14)69(94)81-55(33-44(5)6)65(90)80-58(36-47(11)12)68(93)84-62(40-51(19)20)72(97)100-41-52-29-27-26-28-30-52/h26-30,42-51,53-62H,31-41H2,1-25H3,(H,77,88)(H,78,91)(H,79,89)(H,80,90)(H,81,94)(H,82,95)(H,83,92)(H,84,93)(H,85,98)(H,86,99)(H,87,96)/t53-,54-,55-,56-,57-,58-,59-,60-,61-,62-/m0/s1. The minimum atomic E-state index is -1.71. The average Bonchev–Trinajstić information content (AvgIpc) is 0.845. The van der Waals surface area contributed by atoms with Crippen LogP contribution in [0, 0.1) is 59.2 Å². The van der Waals surface area contributed by atoms with Crippen molar-refractivity contribution in [3.05, 3.63) is 35.9 Å². The highest BCUT2D eigenvalue weighted by Gasteiger charge is 2.40. The number of carbonyl (C=O) groups is 12. The molecule has 1 aromatic carbocycles. The molecule has 11 N–H and O–H groups in total. The second-order valence-electron chi connectivity index (χ2n) is 33.2. The molecule has 0 unspecified atom stereocenters. The van der Waals surface area contributed by atoms with Gasteiger partial charge in [0, 0.05) is 0 Å². The molecule has 0 heterocycles. The van der Waals surface area contributed by atoms with Crippen LogP contribution in [0.15, 0.2) is 30.3 Å². The van der Waals surface area contributed by atoms with Crippen LogP contribution in [-0.4, -0.2) is 143 Å². The summed E-state index contributed by atoms with van der Waals surface area (Å²) >= 11 is 0. The van der Waals surface area contributed by atoms with Crippen LogP contribution in [-0.2, 0) is 68.8 Å². The summed E-state index contributed by atoms with van der Waals surface area (Å²) in [6, 6.07) is -2.32. The molecule has 0 aromatic heterocycles. The van der Waals surface area contributed by atoms with Crippen molar-refractivity contribution in [3.63, 3.8) is 0 Å². The van der Waals surface area contributed by atoms with E-state index in [1.54, 1.807) is 20.8 Å². The Bertz CT molecular complexity index is 2810. The van der Waals surface area contributed by atoms with Gasteiger partial charge >= 0.3 is 12.1 Å². The Morgan fingerprint density at radius 2 is 0.515 bits per heavy atom. The van der Waals surface area contributed by atoms with Crippen LogP contribution in [0.3, 0.4) is 0 Å². The number of carbonyl (C=O) groups excluding carboxylic acids is 12. The number of ether oxygens (including phenoxy) is 2. The zero-order chi connectivity index (χ0) is 77.6. The van der Waals surface area contributed by atoms with E-state index in [4.69, 9.17) is 9.47 Å². The molecule has 0 spiro atoms. The molecule has 25 heteroatoms. The quantitative estimate of drug-likeness (QED) is 0.0274. The molecule has 25 nitrogen and oxygen atoms in total. The fourth-order valence-electron chi connectivity index (χ4n) is 11.3. The molecular weight excluding hydrogens is 1290 g/mol. The first kappa shape index (κ1) is 91.7. The van der Waals surface area contributed by atoms with Crippen LogP contribution in [0.25, 0.3) is 0 Å². The maximum atomic E-state index is 14.6. The zero-order valence-electron chi connectivity index (χ0n) is 65.9. The van der Waals surface area contributed by atoms with Crippen molar-refractivity contribution >= 4 is 71.1 Å². The Hall–Kier alpha value is -7.34. The smallest absolute Gasteiger partial charge is 0.408 e. The Kier molecular flexibility index (Phi) is 40.1. The second kappa shape index (κ2) is 44.2. The molecule has 0 saturated heterocycles. The Labute approximate surface area is 604 Å². The van der Waals surface area contributed by atoms with E-state index in [0.717, 1.165) is 5.56 Å². The van der Waals surface area contributed by atoms with Crippen molar-refractivity contribution in [2.45, 2.75) is 315 Å². The number of hydrogen-bond acceptors (Lipinski definition) is 14. The lowest BCUT2D eigenvalue weighted by Gasteiger charge is -2.32. The lowest BCUT2D eigenvalue weighted by molar-refractivity contribution is -0.150. The van der Waals surface area contributed by atoms with Crippen molar-refractivity contribution in [2.24, 2.45) is 59.2 Å². The van der Waals surface area contributed by atoms with E-state index in [2.05, 4.69) is 58.5 Å². The van der Waals surface area contributed by atoms with E-state index in [1.165, 1.54) is 13.8 Å². The van der Waals surface area contributed by atoms with Gasteiger partial charge in [0.15, 0.2) is 0 Å². The second-order valence-corrected chi connectivity index (χ2v) is 33.2. The fraction of sp³-hybridized carbons (Fsp3) is 0.763. The van der Waals surface area contributed by atoms with Gasteiger partial charge in [-0.25, -0.2) is 9.59 Å². The molecule has 576 valence electrons. The highest BCUT2D eigenvalue weighted by Crippen LogP contribution is 2.19. The van der Waals surface area contributed by atoms with Gasteiger partial charge in [-0.15, -0.1) is 0 Å². The van der Waals surface area contributed by atoms with Crippen LogP contribution >= 0.6 is 0 Å². The number of nitrogens with one attached hydrogen (secondary N) is 11. The highest BCUT2D eigenvalue weighted by atomic mass is 16.6. The van der Waals surface area contributed by atoms with Crippen LogP contribution in [0.5, 0.6) is 0 Å². The van der Waals surface area contributed by atoms with Crippen molar-refractivity contribution in [2.75, 3.05) is 0 Å². The minimum absolute atomic E-state index is 0.00317. The summed E-state index contributed by atoms with van der Waals surface area (Å²) in [5.74, 6) is -8.45. The third kappa shape index (κ3) is 38.0. The van der Waals surface area contributed by atoms with Gasteiger partial charge < -0.3 is 68.0 Å². The fourth-order valence-corrected chi connectivity index (χ4v) is 11.3. The summed E-state index contributed by atoms with van der Waals surface area (Å²) in [5.41, 5.74) is -1.76. The summed E-state index contributed by atoms with van der Waals surface area (Å²) in [6.45, 7) is 45.4. The first-order chi connectivity index (χ1) is 46.6. The van der Waals surface area contributed by atoms with Crippen molar-refractivity contribution in [1.82, 2.24) is 58.5 Å². The topological polar surface area (TPSA) is 356 Å². The van der Waals surface area contributed by atoms with Gasteiger partial charge in [-0.1, -0.05) is 169 Å². The van der Waals surface area contributed by atoms with E-state index < -0.39 is 143 Å². The Morgan fingerprint density at radius 1 is 0.297 bits per heavy atom. The Balaban J connectivity index is 3.52. The molecule has 0 saturated carbocycles. The predicted molar refractivity (Wildman–Crippen MR) is 394 cm³/mol. The molecule has 1 rings (SSSR count). The third-order valence-corrected chi connectivity index (χ3v) is 16.0. The van der Waals surface area contributed by atoms with Crippen LogP contribution in [0.4, 0.5) is 4.79 Å². The highest BCUT2D eigenvalue weighted by molar-refractivity contribution is 6.00. The number of rotatable bonds is 44.